The maximum Gasteiger partial charge on any atom is 0.269 e. The van der Waals surface area contributed by atoms with Crippen molar-refractivity contribution in [2.24, 2.45) is 10.9 Å². The van der Waals surface area contributed by atoms with Crippen molar-refractivity contribution in [3.05, 3.63) is 39.9 Å². The summed E-state index contributed by atoms with van der Waals surface area (Å²) in [7, 11) is 0. The minimum Gasteiger partial charge on any atom is -0.376 e. The van der Waals surface area contributed by atoms with Crippen LogP contribution < -0.4 is 10.6 Å². The third kappa shape index (κ3) is 10.1. The van der Waals surface area contributed by atoms with Gasteiger partial charge in [-0.15, -0.1) is 24.0 Å². The Kier molecular flexibility index (Phi) is 12.4. The fourth-order valence-electron chi connectivity index (χ4n) is 4.04. The van der Waals surface area contributed by atoms with Gasteiger partial charge >= 0.3 is 0 Å². The number of hydrogen-bond acceptors (Lipinski definition) is 6. The Balaban J connectivity index is 0.00000385. The van der Waals surface area contributed by atoms with Crippen LogP contribution in [0.4, 0.5) is 5.69 Å². The number of guanidine groups is 1. The second-order valence-electron chi connectivity index (χ2n) is 8.98. The number of non-ortho nitro benzene ring substituents is 1. The highest BCUT2D eigenvalue weighted by atomic mass is 127. The number of benzene rings is 1. The lowest BCUT2D eigenvalue weighted by atomic mass is 10.1. The lowest BCUT2D eigenvalue weighted by Crippen LogP contribution is -2.51. The molecule has 2 unspecified atom stereocenters. The molecule has 3 rings (SSSR count). The van der Waals surface area contributed by atoms with Crippen LogP contribution in [0.25, 0.3) is 0 Å². The summed E-state index contributed by atoms with van der Waals surface area (Å²) < 4.78 is 11.8. The third-order valence-corrected chi connectivity index (χ3v) is 5.68. The van der Waals surface area contributed by atoms with Gasteiger partial charge in [-0.3, -0.25) is 15.0 Å². The molecule has 0 saturated carbocycles. The molecule has 2 atom stereocenters. The summed E-state index contributed by atoms with van der Waals surface area (Å²) in [6.45, 7) is 10.8. The van der Waals surface area contributed by atoms with E-state index in [0.29, 0.717) is 31.5 Å². The van der Waals surface area contributed by atoms with Crippen molar-refractivity contribution in [2.75, 3.05) is 45.9 Å². The Morgan fingerprint density at radius 3 is 2.48 bits per heavy atom. The van der Waals surface area contributed by atoms with E-state index in [-0.39, 0.29) is 41.9 Å². The molecule has 2 aliphatic rings. The molecule has 0 amide bonds. The van der Waals surface area contributed by atoms with Gasteiger partial charge in [-0.05, 0) is 30.7 Å². The van der Waals surface area contributed by atoms with Crippen LogP contribution in [-0.4, -0.2) is 73.9 Å². The minimum absolute atomic E-state index is 0. The summed E-state index contributed by atoms with van der Waals surface area (Å²) in [5.74, 6) is 1.35. The van der Waals surface area contributed by atoms with E-state index in [1.165, 1.54) is 18.6 Å². The van der Waals surface area contributed by atoms with E-state index in [4.69, 9.17) is 14.5 Å². The van der Waals surface area contributed by atoms with Gasteiger partial charge in [0.15, 0.2) is 5.96 Å². The SMILES string of the molecule is CC(C)CN1CCOC(CNC(=NCc2ccc([N+](=O)[O-])cc2)NCC2CCCCO2)C1.I. The molecule has 0 bridgehead atoms. The number of nitro groups is 1. The topological polar surface area (TPSA) is 101 Å². The van der Waals surface area contributed by atoms with E-state index in [2.05, 4.69) is 29.4 Å². The van der Waals surface area contributed by atoms with Crippen molar-refractivity contribution in [1.82, 2.24) is 15.5 Å². The first-order valence-electron chi connectivity index (χ1n) is 11.7. The van der Waals surface area contributed by atoms with Crippen molar-refractivity contribution in [3.8, 4) is 0 Å². The highest BCUT2D eigenvalue weighted by Gasteiger charge is 2.21. The van der Waals surface area contributed by atoms with E-state index >= 15 is 0 Å². The zero-order valence-electron chi connectivity index (χ0n) is 19.7. The molecule has 2 saturated heterocycles. The van der Waals surface area contributed by atoms with E-state index in [1.807, 2.05) is 0 Å². The number of nitrogens with one attached hydrogen (secondary N) is 2. The molecule has 0 aromatic heterocycles. The molecule has 186 valence electrons. The molecule has 33 heavy (non-hydrogen) atoms. The van der Waals surface area contributed by atoms with Crippen molar-refractivity contribution >= 4 is 35.6 Å². The number of ether oxygens (including phenoxy) is 2. The van der Waals surface area contributed by atoms with Gasteiger partial charge in [-0.2, -0.15) is 0 Å². The van der Waals surface area contributed by atoms with Crippen molar-refractivity contribution in [1.29, 1.82) is 0 Å². The van der Waals surface area contributed by atoms with Crippen LogP contribution in [0.3, 0.4) is 0 Å². The monoisotopic (exact) mass is 575 g/mol. The molecule has 0 radical (unpaired) electrons. The Labute approximate surface area is 213 Å². The second kappa shape index (κ2) is 14.7. The number of halogens is 1. The van der Waals surface area contributed by atoms with Crippen molar-refractivity contribution in [3.63, 3.8) is 0 Å². The van der Waals surface area contributed by atoms with Gasteiger partial charge in [0.2, 0.25) is 0 Å². The van der Waals surface area contributed by atoms with Crippen LogP contribution in [0.1, 0.15) is 38.7 Å². The van der Waals surface area contributed by atoms with E-state index in [0.717, 1.165) is 51.3 Å². The Hall–Kier alpha value is -1.50. The first-order chi connectivity index (χ1) is 15.5. The lowest BCUT2D eigenvalue weighted by Gasteiger charge is -2.34. The van der Waals surface area contributed by atoms with Gasteiger partial charge in [-0.1, -0.05) is 26.0 Å². The van der Waals surface area contributed by atoms with Gasteiger partial charge < -0.3 is 20.1 Å². The summed E-state index contributed by atoms with van der Waals surface area (Å²) in [5.41, 5.74) is 1.01. The predicted octanol–water partition coefficient (Wildman–Crippen LogP) is 3.17. The molecule has 10 heteroatoms. The van der Waals surface area contributed by atoms with E-state index in [9.17, 15) is 10.1 Å². The Morgan fingerprint density at radius 2 is 1.85 bits per heavy atom. The summed E-state index contributed by atoms with van der Waals surface area (Å²) in [6, 6.07) is 6.52. The van der Waals surface area contributed by atoms with Crippen LogP contribution >= 0.6 is 24.0 Å². The van der Waals surface area contributed by atoms with E-state index in [1.54, 1.807) is 12.1 Å². The molecule has 0 aliphatic carbocycles. The number of rotatable bonds is 9. The molecular weight excluding hydrogens is 537 g/mol. The normalized spacial score (nSPS) is 22.0. The maximum atomic E-state index is 10.9. The van der Waals surface area contributed by atoms with Crippen LogP contribution in [-0.2, 0) is 16.0 Å². The fourth-order valence-corrected chi connectivity index (χ4v) is 4.04. The predicted molar refractivity (Wildman–Crippen MR) is 140 cm³/mol. The lowest BCUT2D eigenvalue weighted by molar-refractivity contribution is -0.384. The van der Waals surface area contributed by atoms with Gasteiger partial charge in [0.25, 0.3) is 5.69 Å². The molecule has 1 aromatic rings. The molecule has 2 aliphatic heterocycles. The second-order valence-corrected chi connectivity index (χ2v) is 8.98. The standard InChI is InChI=1S/C23H37N5O4.HI/c1-18(2)16-27-10-12-32-22(17-27)15-26-23(25-14-21-5-3-4-11-31-21)24-13-19-6-8-20(9-7-19)28(29)30;/h6-9,18,21-22H,3-5,10-17H2,1-2H3,(H2,24,25,26);1H. The van der Waals surface area contributed by atoms with Crippen LogP contribution in [0, 0.1) is 16.0 Å². The maximum absolute atomic E-state index is 10.9. The fraction of sp³-hybridized carbons (Fsp3) is 0.696. The van der Waals surface area contributed by atoms with Crippen molar-refractivity contribution < 1.29 is 14.4 Å². The summed E-state index contributed by atoms with van der Waals surface area (Å²) >= 11 is 0. The number of aliphatic imine (C=N–C) groups is 1. The largest absolute Gasteiger partial charge is 0.376 e. The Bertz CT molecular complexity index is 741. The first kappa shape index (κ1) is 27.7. The van der Waals surface area contributed by atoms with Crippen LogP contribution in [0.15, 0.2) is 29.3 Å². The zero-order chi connectivity index (χ0) is 22.8. The average Bonchev–Trinajstić information content (AvgIpc) is 2.79. The number of hydrogen-bond donors (Lipinski definition) is 2. The van der Waals surface area contributed by atoms with Gasteiger partial charge in [0, 0.05) is 51.5 Å². The summed E-state index contributed by atoms with van der Waals surface area (Å²) in [5, 5.41) is 17.7. The summed E-state index contributed by atoms with van der Waals surface area (Å²) in [6.07, 6.45) is 3.68. The van der Waals surface area contributed by atoms with Gasteiger partial charge in [-0.25, -0.2) is 4.99 Å². The smallest absolute Gasteiger partial charge is 0.269 e. The first-order valence-corrected chi connectivity index (χ1v) is 11.7. The van der Waals surface area contributed by atoms with Crippen LogP contribution in [0.2, 0.25) is 0 Å². The molecule has 2 fully saturated rings. The number of morpholine rings is 1. The molecular formula is C23H38IN5O4. The highest BCUT2D eigenvalue weighted by molar-refractivity contribution is 14.0. The minimum atomic E-state index is -0.390. The highest BCUT2D eigenvalue weighted by Crippen LogP contribution is 2.13. The quantitative estimate of drug-likeness (QED) is 0.153. The van der Waals surface area contributed by atoms with Crippen molar-refractivity contribution in [2.45, 2.75) is 51.9 Å². The molecule has 2 heterocycles. The van der Waals surface area contributed by atoms with Crippen LogP contribution in [0.5, 0.6) is 0 Å². The van der Waals surface area contributed by atoms with Gasteiger partial charge in [0.05, 0.1) is 30.3 Å². The van der Waals surface area contributed by atoms with E-state index < -0.39 is 4.92 Å². The third-order valence-electron chi connectivity index (χ3n) is 5.68. The molecule has 1 aromatic carbocycles. The number of nitrogens with zero attached hydrogens (tertiary/aromatic N) is 3. The Morgan fingerprint density at radius 1 is 1.15 bits per heavy atom. The zero-order valence-corrected chi connectivity index (χ0v) is 22.0. The number of nitro benzene ring substituents is 1. The average molecular weight is 575 g/mol. The molecule has 9 nitrogen and oxygen atoms in total. The summed E-state index contributed by atoms with van der Waals surface area (Å²) in [4.78, 5) is 17.6. The molecule has 2 N–H and O–H groups in total. The van der Waals surface area contributed by atoms with Gasteiger partial charge in [0.1, 0.15) is 0 Å². The molecule has 0 spiro atoms.